The third-order valence-corrected chi connectivity index (χ3v) is 6.36. The number of fused-ring (bicyclic) bond motifs is 1. The molecule has 3 rings (SSSR count). The van der Waals surface area contributed by atoms with E-state index in [2.05, 4.69) is 10.3 Å². The molecule has 158 valence electrons. The van der Waals surface area contributed by atoms with E-state index < -0.39 is 5.25 Å². The molecule has 0 aliphatic rings. The lowest BCUT2D eigenvalue weighted by atomic mass is 10.1. The number of aromatic nitrogens is 2. The minimum Gasteiger partial charge on any atom is -0.349 e. The quantitative estimate of drug-likeness (QED) is 0.379. The summed E-state index contributed by atoms with van der Waals surface area (Å²) in [5.41, 5.74) is 1.30. The van der Waals surface area contributed by atoms with Gasteiger partial charge >= 0.3 is 0 Å². The lowest BCUT2D eigenvalue weighted by Crippen LogP contribution is -2.34. The Morgan fingerprint density at radius 3 is 2.47 bits per heavy atom. The van der Waals surface area contributed by atoms with Gasteiger partial charge in [0.25, 0.3) is 5.56 Å². The van der Waals surface area contributed by atoms with Gasteiger partial charge in [0.2, 0.25) is 5.91 Å². The number of nitrogens with zero attached hydrogens (tertiary/aromatic N) is 2. The zero-order valence-electron chi connectivity index (χ0n) is 17.1. The molecule has 1 aromatic heterocycles. The van der Waals surface area contributed by atoms with Gasteiger partial charge in [-0.15, -0.1) is 0 Å². The predicted octanol–water partition coefficient (Wildman–Crippen LogP) is 5.64. The lowest BCUT2D eigenvalue weighted by molar-refractivity contribution is -0.120. The highest BCUT2D eigenvalue weighted by Gasteiger charge is 2.22. The molecule has 0 radical (unpaired) electrons. The molecule has 2 aromatic carbocycles. The van der Waals surface area contributed by atoms with E-state index >= 15 is 0 Å². The Morgan fingerprint density at radius 1 is 1.10 bits per heavy atom. The van der Waals surface area contributed by atoms with Crippen LogP contribution in [0.4, 0.5) is 0 Å². The standard InChI is InChI=1S/C22H23Cl2N3O2S/c1-12(2)27-21(29)17-7-5-6-8-19(17)26-22(27)30-14(4)20(28)25-13(3)16-10-9-15(23)11-18(16)24/h5-14H,1-4H3,(H,25,28). The van der Waals surface area contributed by atoms with E-state index in [1.807, 2.05) is 32.9 Å². The highest BCUT2D eigenvalue weighted by Crippen LogP contribution is 2.28. The fourth-order valence-corrected chi connectivity index (χ4v) is 4.76. The number of hydrogen-bond acceptors (Lipinski definition) is 4. The Labute approximate surface area is 189 Å². The first-order valence-corrected chi connectivity index (χ1v) is 11.3. The number of thioether (sulfide) groups is 1. The van der Waals surface area contributed by atoms with Crippen LogP contribution in [0.1, 0.15) is 45.3 Å². The Kier molecular flexibility index (Phi) is 7.11. The van der Waals surface area contributed by atoms with Crippen LogP contribution in [0.2, 0.25) is 10.0 Å². The molecule has 2 unspecified atom stereocenters. The molecule has 0 fully saturated rings. The van der Waals surface area contributed by atoms with Gasteiger partial charge in [-0.2, -0.15) is 0 Å². The zero-order valence-corrected chi connectivity index (χ0v) is 19.5. The maximum atomic E-state index is 13.0. The molecule has 0 saturated heterocycles. The molecular formula is C22H23Cl2N3O2S. The van der Waals surface area contributed by atoms with Crippen LogP contribution in [0.25, 0.3) is 10.9 Å². The monoisotopic (exact) mass is 463 g/mol. The molecule has 30 heavy (non-hydrogen) atoms. The van der Waals surface area contributed by atoms with Crippen molar-refractivity contribution < 1.29 is 4.79 Å². The number of carbonyl (C=O) groups is 1. The number of rotatable bonds is 6. The minimum atomic E-state index is -0.461. The third-order valence-electron chi connectivity index (χ3n) is 4.73. The molecule has 3 aromatic rings. The second kappa shape index (κ2) is 9.41. The summed E-state index contributed by atoms with van der Waals surface area (Å²) in [4.78, 5) is 30.4. The largest absolute Gasteiger partial charge is 0.349 e. The first kappa shape index (κ1) is 22.7. The second-order valence-corrected chi connectivity index (χ2v) is 9.49. The van der Waals surface area contributed by atoms with Crippen molar-refractivity contribution in [3.8, 4) is 0 Å². The topological polar surface area (TPSA) is 64.0 Å². The summed E-state index contributed by atoms with van der Waals surface area (Å²) in [6.07, 6.45) is 0. The fourth-order valence-electron chi connectivity index (χ4n) is 3.14. The number of amides is 1. The molecule has 1 amide bonds. The predicted molar refractivity (Wildman–Crippen MR) is 125 cm³/mol. The van der Waals surface area contributed by atoms with E-state index in [0.717, 1.165) is 5.56 Å². The summed E-state index contributed by atoms with van der Waals surface area (Å²) >= 11 is 13.5. The van der Waals surface area contributed by atoms with Crippen molar-refractivity contribution in [2.24, 2.45) is 0 Å². The summed E-state index contributed by atoms with van der Waals surface area (Å²) in [5.74, 6) is -0.170. The van der Waals surface area contributed by atoms with E-state index in [4.69, 9.17) is 23.2 Å². The van der Waals surface area contributed by atoms with Gasteiger partial charge in [0.1, 0.15) is 0 Å². The van der Waals surface area contributed by atoms with Crippen LogP contribution in [0.15, 0.2) is 52.4 Å². The first-order valence-electron chi connectivity index (χ1n) is 9.62. The highest BCUT2D eigenvalue weighted by atomic mass is 35.5. The summed E-state index contributed by atoms with van der Waals surface area (Å²) < 4.78 is 1.64. The van der Waals surface area contributed by atoms with Gasteiger partial charge in [-0.1, -0.05) is 53.2 Å². The average molecular weight is 464 g/mol. The van der Waals surface area contributed by atoms with E-state index in [-0.39, 0.29) is 23.6 Å². The fraction of sp³-hybridized carbons (Fsp3) is 0.318. The number of carbonyl (C=O) groups excluding carboxylic acids is 1. The van der Waals surface area contributed by atoms with Gasteiger partial charge in [-0.3, -0.25) is 14.2 Å². The van der Waals surface area contributed by atoms with Crippen LogP contribution in [-0.4, -0.2) is 20.7 Å². The van der Waals surface area contributed by atoms with Gasteiger partial charge in [0.05, 0.1) is 22.2 Å². The van der Waals surface area contributed by atoms with E-state index in [9.17, 15) is 9.59 Å². The Bertz CT molecular complexity index is 1150. The van der Waals surface area contributed by atoms with Crippen LogP contribution in [0.5, 0.6) is 0 Å². The molecule has 2 atom stereocenters. The summed E-state index contributed by atoms with van der Waals surface area (Å²) in [6, 6.07) is 12.1. The minimum absolute atomic E-state index is 0.0841. The van der Waals surface area contributed by atoms with Gasteiger partial charge < -0.3 is 5.32 Å². The van der Waals surface area contributed by atoms with E-state index in [1.165, 1.54) is 11.8 Å². The molecule has 8 heteroatoms. The first-order chi connectivity index (χ1) is 14.2. The molecule has 0 aliphatic carbocycles. The van der Waals surface area contributed by atoms with Gasteiger partial charge in [-0.25, -0.2) is 4.98 Å². The van der Waals surface area contributed by atoms with E-state index in [0.29, 0.717) is 26.1 Å². The van der Waals surface area contributed by atoms with Crippen molar-refractivity contribution in [2.45, 2.75) is 50.2 Å². The zero-order chi connectivity index (χ0) is 22.0. The van der Waals surface area contributed by atoms with Crippen LogP contribution < -0.4 is 10.9 Å². The van der Waals surface area contributed by atoms with Crippen LogP contribution in [0.3, 0.4) is 0 Å². The van der Waals surface area contributed by atoms with Crippen LogP contribution in [0, 0.1) is 0 Å². The number of benzene rings is 2. The van der Waals surface area contributed by atoms with Gasteiger partial charge in [0, 0.05) is 16.1 Å². The normalized spacial score (nSPS) is 13.4. The van der Waals surface area contributed by atoms with Crippen LogP contribution in [-0.2, 0) is 4.79 Å². The lowest BCUT2D eigenvalue weighted by Gasteiger charge is -2.21. The SMILES string of the molecule is CC(Sc1nc2ccccc2c(=O)n1C(C)C)C(=O)NC(C)c1ccc(Cl)cc1Cl. The number of nitrogens with one attached hydrogen (secondary N) is 1. The third kappa shape index (κ3) is 4.82. The Hall–Kier alpha value is -2.02. The van der Waals surface area contributed by atoms with Crippen molar-refractivity contribution in [2.75, 3.05) is 0 Å². The highest BCUT2D eigenvalue weighted by molar-refractivity contribution is 8.00. The Balaban J connectivity index is 1.83. The molecule has 1 N–H and O–H groups in total. The molecule has 0 bridgehead atoms. The van der Waals surface area contributed by atoms with Crippen molar-refractivity contribution in [1.82, 2.24) is 14.9 Å². The molecule has 5 nitrogen and oxygen atoms in total. The maximum Gasteiger partial charge on any atom is 0.262 e. The summed E-state index contributed by atoms with van der Waals surface area (Å²) in [5, 5.41) is 4.65. The molecule has 1 heterocycles. The maximum absolute atomic E-state index is 13.0. The van der Waals surface area contributed by atoms with Crippen molar-refractivity contribution in [3.05, 3.63) is 68.4 Å². The van der Waals surface area contributed by atoms with Crippen molar-refractivity contribution >= 4 is 51.8 Å². The van der Waals surface area contributed by atoms with Crippen molar-refractivity contribution in [3.63, 3.8) is 0 Å². The van der Waals surface area contributed by atoms with E-state index in [1.54, 1.807) is 41.8 Å². The second-order valence-electron chi connectivity index (χ2n) is 7.34. The molecule has 0 aliphatic heterocycles. The number of para-hydroxylation sites is 1. The number of hydrogen-bond donors (Lipinski definition) is 1. The molecule has 0 saturated carbocycles. The molecular weight excluding hydrogens is 441 g/mol. The molecule has 0 spiro atoms. The van der Waals surface area contributed by atoms with Crippen LogP contribution >= 0.6 is 35.0 Å². The summed E-state index contributed by atoms with van der Waals surface area (Å²) in [7, 11) is 0. The average Bonchev–Trinajstić information content (AvgIpc) is 2.67. The Morgan fingerprint density at radius 2 is 1.80 bits per heavy atom. The van der Waals surface area contributed by atoms with Crippen molar-refractivity contribution in [1.29, 1.82) is 0 Å². The summed E-state index contributed by atoms with van der Waals surface area (Å²) in [6.45, 7) is 7.51. The van der Waals surface area contributed by atoms with Gasteiger partial charge in [0.15, 0.2) is 5.16 Å². The van der Waals surface area contributed by atoms with Gasteiger partial charge in [-0.05, 0) is 57.5 Å². The number of halogens is 2. The smallest absolute Gasteiger partial charge is 0.262 e.